The Kier molecular flexibility index (Phi) is 3.25. The lowest BCUT2D eigenvalue weighted by Crippen LogP contribution is -2.23. The summed E-state index contributed by atoms with van der Waals surface area (Å²) >= 11 is 5.49. The van der Waals surface area contributed by atoms with E-state index in [4.69, 9.17) is 22.4 Å². The van der Waals surface area contributed by atoms with E-state index in [-0.39, 0.29) is 5.02 Å². The normalized spacial score (nSPS) is 15.5. The first-order chi connectivity index (χ1) is 6.02. The van der Waals surface area contributed by atoms with Crippen LogP contribution in [0.15, 0.2) is 18.2 Å². The summed E-state index contributed by atoms with van der Waals surface area (Å²) in [6.07, 6.45) is -0.708. The summed E-state index contributed by atoms with van der Waals surface area (Å²) in [6, 6.07) is 3.68. The SMILES string of the molecule is C[C@@H](O)[C@@H](N)c1ccc(Cl)c(F)c1. The fraction of sp³-hybridized carbons (Fsp3) is 0.333. The van der Waals surface area contributed by atoms with Crippen LogP contribution in [0.2, 0.25) is 5.02 Å². The molecule has 72 valence electrons. The predicted octanol–water partition coefficient (Wildman–Crippen LogP) is 1.86. The first-order valence-corrected chi connectivity index (χ1v) is 4.28. The van der Waals surface area contributed by atoms with Gasteiger partial charge in [-0.2, -0.15) is 0 Å². The highest BCUT2D eigenvalue weighted by atomic mass is 35.5. The van der Waals surface area contributed by atoms with E-state index in [0.29, 0.717) is 5.56 Å². The summed E-state index contributed by atoms with van der Waals surface area (Å²) in [6.45, 7) is 1.55. The highest BCUT2D eigenvalue weighted by Crippen LogP contribution is 2.20. The topological polar surface area (TPSA) is 46.2 Å². The van der Waals surface area contributed by atoms with Crippen LogP contribution in [0.1, 0.15) is 18.5 Å². The van der Waals surface area contributed by atoms with Crippen molar-refractivity contribution in [1.82, 2.24) is 0 Å². The van der Waals surface area contributed by atoms with E-state index in [0.717, 1.165) is 0 Å². The van der Waals surface area contributed by atoms with Crippen molar-refractivity contribution in [3.63, 3.8) is 0 Å². The minimum Gasteiger partial charge on any atom is -0.391 e. The van der Waals surface area contributed by atoms with Gasteiger partial charge in [-0.1, -0.05) is 17.7 Å². The highest BCUT2D eigenvalue weighted by Gasteiger charge is 2.13. The average molecular weight is 204 g/mol. The van der Waals surface area contributed by atoms with Crippen molar-refractivity contribution in [1.29, 1.82) is 0 Å². The fourth-order valence-electron chi connectivity index (χ4n) is 0.998. The van der Waals surface area contributed by atoms with Gasteiger partial charge in [0.05, 0.1) is 17.2 Å². The molecule has 1 rings (SSSR count). The average Bonchev–Trinajstić information content (AvgIpc) is 2.08. The number of aliphatic hydroxyl groups excluding tert-OH is 1. The monoisotopic (exact) mass is 203 g/mol. The first-order valence-electron chi connectivity index (χ1n) is 3.91. The molecule has 0 aromatic heterocycles. The van der Waals surface area contributed by atoms with Crippen LogP contribution in [0.4, 0.5) is 4.39 Å². The van der Waals surface area contributed by atoms with Crippen LogP contribution in [-0.2, 0) is 0 Å². The lowest BCUT2D eigenvalue weighted by Gasteiger charge is -2.14. The van der Waals surface area contributed by atoms with Gasteiger partial charge >= 0.3 is 0 Å². The van der Waals surface area contributed by atoms with Gasteiger partial charge in [-0.05, 0) is 24.6 Å². The molecule has 0 aliphatic carbocycles. The second-order valence-electron chi connectivity index (χ2n) is 2.94. The van der Waals surface area contributed by atoms with E-state index in [1.165, 1.54) is 12.1 Å². The zero-order valence-corrected chi connectivity index (χ0v) is 7.92. The first kappa shape index (κ1) is 10.4. The lowest BCUT2D eigenvalue weighted by molar-refractivity contribution is 0.164. The Morgan fingerprint density at radius 1 is 1.54 bits per heavy atom. The van der Waals surface area contributed by atoms with Gasteiger partial charge in [0.2, 0.25) is 0 Å². The minimum atomic E-state index is -0.708. The van der Waals surface area contributed by atoms with Gasteiger partial charge in [-0.25, -0.2) is 4.39 Å². The summed E-state index contributed by atoms with van der Waals surface area (Å²) in [5.74, 6) is -0.518. The molecule has 0 amide bonds. The van der Waals surface area contributed by atoms with Crippen molar-refractivity contribution in [3.05, 3.63) is 34.6 Å². The summed E-state index contributed by atoms with van der Waals surface area (Å²) in [4.78, 5) is 0. The van der Waals surface area contributed by atoms with E-state index in [1.807, 2.05) is 0 Å². The van der Waals surface area contributed by atoms with E-state index in [9.17, 15) is 4.39 Å². The molecule has 0 bridgehead atoms. The van der Waals surface area contributed by atoms with Crippen LogP contribution in [0.25, 0.3) is 0 Å². The molecule has 0 fully saturated rings. The molecule has 0 radical (unpaired) electrons. The number of nitrogens with two attached hydrogens (primary N) is 1. The number of aliphatic hydroxyl groups is 1. The summed E-state index contributed by atoms with van der Waals surface area (Å²) in [7, 11) is 0. The molecule has 13 heavy (non-hydrogen) atoms. The Morgan fingerprint density at radius 2 is 2.15 bits per heavy atom. The number of hydrogen-bond donors (Lipinski definition) is 2. The van der Waals surface area contributed by atoms with E-state index in [2.05, 4.69) is 0 Å². The molecule has 0 heterocycles. The Morgan fingerprint density at radius 3 is 2.62 bits per heavy atom. The van der Waals surface area contributed by atoms with E-state index in [1.54, 1.807) is 13.0 Å². The van der Waals surface area contributed by atoms with Crippen molar-refractivity contribution in [2.45, 2.75) is 19.1 Å². The molecule has 0 spiro atoms. The maximum absolute atomic E-state index is 12.9. The summed E-state index contributed by atoms with van der Waals surface area (Å²) in [5.41, 5.74) is 6.14. The third-order valence-corrected chi connectivity index (χ3v) is 2.15. The minimum absolute atomic E-state index is 0.0570. The smallest absolute Gasteiger partial charge is 0.142 e. The van der Waals surface area contributed by atoms with Crippen LogP contribution < -0.4 is 5.73 Å². The number of hydrogen-bond acceptors (Lipinski definition) is 2. The molecule has 4 heteroatoms. The zero-order valence-electron chi connectivity index (χ0n) is 7.17. The third kappa shape index (κ3) is 2.40. The van der Waals surface area contributed by atoms with Gasteiger partial charge in [0.1, 0.15) is 5.82 Å². The van der Waals surface area contributed by atoms with Gasteiger partial charge in [0.15, 0.2) is 0 Å². The molecule has 2 nitrogen and oxygen atoms in total. The molecule has 0 aliphatic heterocycles. The van der Waals surface area contributed by atoms with Crippen LogP contribution >= 0.6 is 11.6 Å². The molecule has 1 aromatic rings. The lowest BCUT2D eigenvalue weighted by atomic mass is 10.0. The standard InChI is InChI=1S/C9H11ClFNO/c1-5(13)9(12)6-2-3-7(10)8(11)4-6/h2-5,9,13H,12H2,1H3/t5-,9-/m1/s1. The van der Waals surface area contributed by atoms with Crippen molar-refractivity contribution >= 4 is 11.6 Å². The van der Waals surface area contributed by atoms with Crippen molar-refractivity contribution in [3.8, 4) is 0 Å². The predicted molar refractivity (Wildman–Crippen MR) is 50.0 cm³/mol. The molecule has 2 atom stereocenters. The second-order valence-corrected chi connectivity index (χ2v) is 3.35. The quantitative estimate of drug-likeness (QED) is 0.771. The molecular weight excluding hydrogens is 193 g/mol. The van der Waals surface area contributed by atoms with Crippen LogP contribution in [-0.4, -0.2) is 11.2 Å². The largest absolute Gasteiger partial charge is 0.391 e. The second kappa shape index (κ2) is 4.05. The highest BCUT2D eigenvalue weighted by molar-refractivity contribution is 6.30. The molecule has 0 saturated carbocycles. The molecule has 0 saturated heterocycles. The number of halogens is 2. The van der Waals surface area contributed by atoms with Gasteiger partial charge in [0, 0.05) is 0 Å². The Bertz CT molecular complexity index is 304. The van der Waals surface area contributed by atoms with Crippen molar-refractivity contribution in [2.75, 3.05) is 0 Å². The zero-order chi connectivity index (χ0) is 10.0. The van der Waals surface area contributed by atoms with E-state index >= 15 is 0 Å². The maximum Gasteiger partial charge on any atom is 0.142 e. The van der Waals surface area contributed by atoms with Crippen molar-refractivity contribution in [2.24, 2.45) is 5.73 Å². The molecule has 1 aromatic carbocycles. The number of benzene rings is 1. The molecule has 0 aliphatic rings. The van der Waals surface area contributed by atoms with Crippen LogP contribution in [0, 0.1) is 5.82 Å². The van der Waals surface area contributed by atoms with Crippen LogP contribution in [0.3, 0.4) is 0 Å². The van der Waals surface area contributed by atoms with Crippen LogP contribution in [0.5, 0.6) is 0 Å². The van der Waals surface area contributed by atoms with E-state index < -0.39 is 18.0 Å². The maximum atomic E-state index is 12.9. The van der Waals surface area contributed by atoms with Gasteiger partial charge in [0.25, 0.3) is 0 Å². The summed E-state index contributed by atoms with van der Waals surface area (Å²) < 4.78 is 12.9. The molecule has 0 unspecified atom stereocenters. The Labute approximate surface area is 81.1 Å². The number of rotatable bonds is 2. The third-order valence-electron chi connectivity index (χ3n) is 1.85. The van der Waals surface area contributed by atoms with Gasteiger partial charge in [-0.3, -0.25) is 0 Å². The Hall–Kier alpha value is -0.640. The van der Waals surface area contributed by atoms with Gasteiger partial charge in [-0.15, -0.1) is 0 Å². The summed E-state index contributed by atoms with van der Waals surface area (Å²) in [5, 5.41) is 9.21. The fourth-order valence-corrected chi connectivity index (χ4v) is 1.12. The Balaban J connectivity index is 2.97. The molecular formula is C9H11ClFNO. The van der Waals surface area contributed by atoms with Crippen molar-refractivity contribution < 1.29 is 9.50 Å². The molecule has 3 N–H and O–H groups in total. The van der Waals surface area contributed by atoms with Gasteiger partial charge < -0.3 is 10.8 Å².